The maximum absolute atomic E-state index is 11.8. The number of hydrogen-bond donors (Lipinski definition) is 1. The Balaban J connectivity index is 1.64. The zero-order valence-electron chi connectivity index (χ0n) is 12.2. The molecule has 7 heteroatoms. The summed E-state index contributed by atoms with van der Waals surface area (Å²) in [6.45, 7) is 3.53. The summed E-state index contributed by atoms with van der Waals surface area (Å²) in [5.41, 5.74) is 1.78. The predicted octanol–water partition coefficient (Wildman–Crippen LogP) is 0.697. The van der Waals surface area contributed by atoms with Crippen LogP contribution >= 0.6 is 0 Å². The van der Waals surface area contributed by atoms with Crippen molar-refractivity contribution in [1.29, 1.82) is 0 Å². The molecule has 1 N–H and O–H groups in total. The van der Waals surface area contributed by atoms with Crippen molar-refractivity contribution in [2.45, 2.75) is 19.4 Å². The molecule has 1 atom stereocenters. The summed E-state index contributed by atoms with van der Waals surface area (Å²) in [6.07, 6.45) is 2.81. The highest BCUT2D eigenvalue weighted by Crippen LogP contribution is 2.15. The van der Waals surface area contributed by atoms with Crippen molar-refractivity contribution < 1.29 is 9.53 Å². The molecule has 1 aliphatic heterocycles. The molecule has 1 unspecified atom stereocenters. The fourth-order valence-corrected chi connectivity index (χ4v) is 2.61. The first-order valence-electron chi connectivity index (χ1n) is 7.02. The van der Waals surface area contributed by atoms with Gasteiger partial charge in [0, 0.05) is 26.2 Å². The number of fused-ring (bicyclic) bond motifs is 1. The highest BCUT2D eigenvalue weighted by molar-refractivity contribution is 5.77. The van der Waals surface area contributed by atoms with Crippen LogP contribution in [-0.2, 0) is 9.53 Å². The number of imidazole rings is 1. The van der Waals surface area contributed by atoms with Crippen LogP contribution < -0.4 is 5.32 Å². The lowest BCUT2D eigenvalue weighted by Gasteiger charge is -2.16. The maximum Gasteiger partial charge on any atom is 0.248 e. The zero-order chi connectivity index (χ0) is 14.8. The van der Waals surface area contributed by atoms with Gasteiger partial charge in [0.1, 0.15) is 12.4 Å². The minimum Gasteiger partial charge on any atom is -0.375 e. The van der Waals surface area contributed by atoms with Crippen LogP contribution in [0, 0.1) is 6.92 Å². The molecule has 0 saturated carbocycles. The summed E-state index contributed by atoms with van der Waals surface area (Å²) in [5, 5.41) is 7.86. The Labute approximate surface area is 122 Å². The summed E-state index contributed by atoms with van der Waals surface area (Å²) in [6, 6.07) is 4.08. The Bertz CT molecular complexity index is 654. The number of carbonyl (C=O) groups excluding carboxylic acids is 1. The van der Waals surface area contributed by atoms with E-state index >= 15 is 0 Å². The van der Waals surface area contributed by atoms with Crippen molar-refractivity contribution >= 4 is 17.4 Å². The SMILES string of the molecule is COCC(=O)N1CCC(Nc2ccc3nc(C)cn3n2)C1. The molecule has 1 saturated heterocycles. The van der Waals surface area contributed by atoms with E-state index in [1.165, 1.54) is 7.11 Å². The van der Waals surface area contributed by atoms with Gasteiger partial charge in [-0.05, 0) is 25.5 Å². The Kier molecular flexibility index (Phi) is 3.74. The number of methoxy groups -OCH3 is 1. The van der Waals surface area contributed by atoms with Crippen LogP contribution in [0.2, 0.25) is 0 Å². The number of nitrogens with zero attached hydrogens (tertiary/aromatic N) is 4. The Morgan fingerprint density at radius 3 is 3.19 bits per heavy atom. The second-order valence-corrected chi connectivity index (χ2v) is 5.31. The van der Waals surface area contributed by atoms with Crippen molar-refractivity contribution in [3.05, 3.63) is 24.0 Å². The molecule has 2 aromatic rings. The molecular formula is C14H19N5O2. The Morgan fingerprint density at radius 1 is 1.52 bits per heavy atom. The van der Waals surface area contributed by atoms with Gasteiger partial charge in [0.2, 0.25) is 5.91 Å². The van der Waals surface area contributed by atoms with Crippen LogP contribution in [0.1, 0.15) is 12.1 Å². The summed E-state index contributed by atoms with van der Waals surface area (Å²) in [7, 11) is 1.54. The molecule has 0 aromatic carbocycles. The molecule has 7 nitrogen and oxygen atoms in total. The molecule has 21 heavy (non-hydrogen) atoms. The number of hydrogen-bond acceptors (Lipinski definition) is 5. The minimum absolute atomic E-state index is 0.0374. The van der Waals surface area contributed by atoms with Crippen molar-refractivity contribution in [2.24, 2.45) is 0 Å². The predicted molar refractivity (Wildman–Crippen MR) is 78.2 cm³/mol. The summed E-state index contributed by atoms with van der Waals surface area (Å²) in [5.74, 6) is 0.835. The molecule has 0 spiro atoms. The summed E-state index contributed by atoms with van der Waals surface area (Å²) in [4.78, 5) is 17.9. The highest BCUT2D eigenvalue weighted by Gasteiger charge is 2.26. The molecule has 112 valence electrons. The summed E-state index contributed by atoms with van der Waals surface area (Å²) < 4.78 is 6.65. The number of rotatable bonds is 4. The molecule has 0 radical (unpaired) electrons. The van der Waals surface area contributed by atoms with Crippen molar-refractivity contribution in [3.8, 4) is 0 Å². The van der Waals surface area contributed by atoms with E-state index in [0.717, 1.165) is 30.1 Å². The standard InChI is InChI=1S/C14H19N5O2/c1-10-7-19-13(15-10)4-3-12(17-19)16-11-5-6-18(8-11)14(20)9-21-2/h3-4,7,11H,5-6,8-9H2,1-2H3,(H,16,17). The molecule has 0 bridgehead atoms. The van der Waals surface area contributed by atoms with Crippen LogP contribution in [0.4, 0.5) is 5.82 Å². The topological polar surface area (TPSA) is 71.8 Å². The van der Waals surface area contributed by atoms with E-state index in [0.29, 0.717) is 6.54 Å². The minimum atomic E-state index is 0.0374. The third-order valence-corrected chi connectivity index (χ3v) is 3.60. The van der Waals surface area contributed by atoms with Crippen molar-refractivity contribution in [1.82, 2.24) is 19.5 Å². The first kappa shape index (κ1) is 13.8. The number of ether oxygens (including phenoxy) is 1. The highest BCUT2D eigenvalue weighted by atomic mass is 16.5. The van der Waals surface area contributed by atoms with Gasteiger partial charge in [-0.15, -0.1) is 5.10 Å². The van der Waals surface area contributed by atoms with Crippen molar-refractivity contribution in [2.75, 3.05) is 32.1 Å². The maximum atomic E-state index is 11.8. The number of anilines is 1. The monoisotopic (exact) mass is 289 g/mol. The molecule has 1 fully saturated rings. The van der Waals surface area contributed by atoms with Gasteiger partial charge < -0.3 is 15.0 Å². The molecule has 1 amide bonds. The first-order chi connectivity index (χ1) is 10.2. The van der Waals surface area contributed by atoms with Gasteiger partial charge >= 0.3 is 0 Å². The van der Waals surface area contributed by atoms with Crippen LogP contribution in [0.5, 0.6) is 0 Å². The molecular weight excluding hydrogens is 270 g/mol. The van der Waals surface area contributed by atoms with E-state index in [2.05, 4.69) is 15.4 Å². The molecule has 3 heterocycles. The quantitative estimate of drug-likeness (QED) is 0.897. The van der Waals surface area contributed by atoms with E-state index in [9.17, 15) is 4.79 Å². The van der Waals surface area contributed by atoms with E-state index < -0.39 is 0 Å². The smallest absolute Gasteiger partial charge is 0.248 e. The van der Waals surface area contributed by atoms with Crippen LogP contribution in [0.15, 0.2) is 18.3 Å². The van der Waals surface area contributed by atoms with Gasteiger partial charge in [-0.2, -0.15) is 0 Å². The molecule has 1 aliphatic rings. The molecule has 0 aliphatic carbocycles. The van der Waals surface area contributed by atoms with Gasteiger partial charge in [-0.25, -0.2) is 9.50 Å². The number of aryl methyl sites for hydroxylation is 1. The Morgan fingerprint density at radius 2 is 2.38 bits per heavy atom. The zero-order valence-corrected chi connectivity index (χ0v) is 12.2. The van der Waals surface area contributed by atoms with Gasteiger partial charge in [0.25, 0.3) is 0 Å². The largest absolute Gasteiger partial charge is 0.375 e. The average Bonchev–Trinajstić information content (AvgIpc) is 3.04. The molecule has 2 aromatic heterocycles. The van der Waals surface area contributed by atoms with Crippen LogP contribution in [0.3, 0.4) is 0 Å². The van der Waals surface area contributed by atoms with Crippen LogP contribution in [-0.4, -0.2) is 58.3 Å². The van der Waals surface area contributed by atoms with E-state index in [-0.39, 0.29) is 18.6 Å². The van der Waals surface area contributed by atoms with Gasteiger partial charge in [0.05, 0.1) is 11.9 Å². The number of likely N-dealkylation sites (tertiary alicyclic amines) is 1. The van der Waals surface area contributed by atoms with E-state index in [1.807, 2.05) is 30.2 Å². The number of aromatic nitrogens is 3. The van der Waals surface area contributed by atoms with Gasteiger partial charge in [-0.1, -0.05) is 0 Å². The van der Waals surface area contributed by atoms with Crippen molar-refractivity contribution in [3.63, 3.8) is 0 Å². The van der Waals surface area contributed by atoms with Gasteiger partial charge in [0.15, 0.2) is 5.65 Å². The second kappa shape index (κ2) is 5.69. The lowest BCUT2D eigenvalue weighted by molar-refractivity contribution is -0.134. The third-order valence-electron chi connectivity index (χ3n) is 3.60. The van der Waals surface area contributed by atoms with Crippen LogP contribution in [0.25, 0.3) is 5.65 Å². The summed E-state index contributed by atoms with van der Waals surface area (Å²) >= 11 is 0. The Hall–Kier alpha value is -2.15. The second-order valence-electron chi connectivity index (χ2n) is 5.31. The van der Waals surface area contributed by atoms with Gasteiger partial charge in [-0.3, -0.25) is 4.79 Å². The average molecular weight is 289 g/mol. The normalized spacial score (nSPS) is 18.4. The number of nitrogens with one attached hydrogen (secondary N) is 1. The fourth-order valence-electron chi connectivity index (χ4n) is 2.61. The number of carbonyl (C=O) groups is 1. The van der Waals surface area contributed by atoms with E-state index in [1.54, 1.807) is 4.52 Å². The first-order valence-corrected chi connectivity index (χ1v) is 7.02. The fraction of sp³-hybridized carbons (Fsp3) is 0.500. The lowest BCUT2D eigenvalue weighted by Crippen LogP contribution is -2.34. The third kappa shape index (κ3) is 2.97. The lowest BCUT2D eigenvalue weighted by atomic mass is 10.2. The molecule has 3 rings (SSSR count). The number of amides is 1. The van der Waals surface area contributed by atoms with E-state index in [4.69, 9.17) is 4.74 Å².